The Balaban J connectivity index is 1.62. The van der Waals surface area contributed by atoms with E-state index in [1.54, 1.807) is 0 Å². The minimum Gasteiger partial charge on any atom is -0.493 e. The summed E-state index contributed by atoms with van der Waals surface area (Å²) >= 11 is 1.32. The van der Waals surface area contributed by atoms with Crippen LogP contribution < -0.4 is 24.8 Å². The molecule has 2 N–H and O–H groups in total. The van der Waals surface area contributed by atoms with Crippen molar-refractivity contribution < 1.29 is 23.8 Å². The summed E-state index contributed by atoms with van der Waals surface area (Å²) < 4.78 is 15.8. The molecule has 8 nitrogen and oxygen atoms in total. The van der Waals surface area contributed by atoms with Crippen molar-refractivity contribution in [2.45, 2.75) is 13.8 Å². The van der Waals surface area contributed by atoms with Gasteiger partial charge in [0.15, 0.2) is 16.6 Å². The number of carbonyl (C=O) groups excluding carboxylic acids is 2. The number of hydrogen-bond donors (Lipinski definition) is 2. The molecular formula is C23H25N3O5S. The van der Waals surface area contributed by atoms with Crippen LogP contribution in [-0.2, 0) is 4.79 Å². The molecule has 1 aromatic heterocycles. The molecule has 0 saturated carbocycles. The van der Waals surface area contributed by atoms with Crippen molar-refractivity contribution in [1.29, 1.82) is 0 Å². The summed E-state index contributed by atoms with van der Waals surface area (Å²) in [5.41, 5.74) is 4.44. The Bertz CT molecular complexity index is 1120. The Morgan fingerprint density at radius 1 is 0.969 bits per heavy atom. The van der Waals surface area contributed by atoms with Crippen LogP contribution in [0.4, 0.5) is 5.13 Å². The number of anilines is 1. The highest BCUT2D eigenvalue weighted by Crippen LogP contribution is 2.38. The number of amides is 2. The second kappa shape index (κ2) is 10.1. The third-order valence-corrected chi connectivity index (χ3v) is 5.65. The Morgan fingerprint density at radius 3 is 2.25 bits per heavy atom. The van der Waals surface area contributed by atoms with E-state index < -0.39 is 5.91 Å². The zero-order valence-electron chi connectivity index (χ0n) is 18.6. The van der Waals surface area contributed by atoms with Gasteiger partial charge in [-0.25, -0.2) is 4.98 Å². The van der Waals surface area contributed by atoms with E-state index in [1.807, 2.05) is 24.4 Å². The summed E-state index contributed by atoms with van der Waals surface area (Å²) in [5.74, 6) is 0.250. The van der Waals surface area contributed by atoms with E-state index in [1.165, 1.54) is 55.9 Å². The number of methoxy groups -OCH3 is 3. The first-order valence-electron chi connectivity index (χ1n) is 9.77. The van der Waals surface area contributed by atoms with Crippen molar-refractivity contribution in [2.24, 2.45) is 0 Å². The second-order valence-corrected chi connectivity index (χ2v) is 7.84. The molecule has 0 bridgehead atoms. The van der Waals surface area contributed by atoms with Gasteiger partial charge in [0.1, 0.15) is 0 Å². The highest BCUT2D eigenvalue weighted by molar-refractivity contribution is 7.14. The lowest BCUT2D eigenvalue weighted by molar-refractivity contribution is -0.115. The van der Waals surface area contributed by atoms with Gasteiger partial charge in [0.2, 0.25) is 11.7 Å². The maximum absolute atomic E-state index is 12.5. The number of ether oxygens (including phenoxy) is 3. The van der Waals surface area contributed by atoms with Crippen LogP contribution in [0.25, 0.3) is 11.3 Å². The molecule has 2 amide bonds. The molecule has 0 aliphatic heterocycles. The Morgan fingerprint density at radius 2 is 1.66 bits per heavy atom. The topological polar surface area (TPSA) is 98.8 Å². The van der Waals surface area contributed by atoms with Gasteiger partial charge in [-0.1, -0.05) is 12.1 Å². The lowest BCUT2D eigenvalue weighted by atomic mass is 10.1. The molecule has 0 aliphatic carbocycles. The highest BCUT2D eigenvalue weighted by Gasteiger charge is 2.18. The number of nitrogens with zero attached hydrogens (tertiary/aromatic N) is 1. The summed E-state index contributed by atoms with van der Waals surface area (Å²) in [4.78, 5) is 29.3. The minimum atomic E-state index is -0.450. The molecule has 0 spiro atoms. The highest BCUT2D eigenvalue weighted by atomic mass is 32.1. The summed E-state index contributed by atoms with van der Waals surface area (Å²) in [6.07, 6.45) is 0. The van der Waals surface area contributed by atoms with Gasteiger partial charge < -0.3 is 24.8 Å². The van der Waals surface area contributed by atoms with Gasteiger partial charge >= 0.3 is 0 Å². The number of aryl methyl sites for hydroxylation is 2. The zero-order valence-corrected chi connectivity index (χ0v) is 19.4. The molecule has 3 aromatic rings. The fourth-order valence-electron chi connectivity index (χ4n) is 3.00. The monoisotopic (exact) mass is 455 g/mol. The van der Waals surface area contributed by atoms with Crippen molar-refractivity contribution in [2.75, 3.05) is 33.2 Å². The fourth-order valence-corrected chi connectivity index (χ4v) is 3.74. The lowest BCUT2D eigenvalue weighted by Crippen LogP contribution is -2.32. The Labute approximate surface area is 190 Å². The summed E-state index contributed by atoms with van der Waals surface area (Å²) in [7, 11) is 4.41. The standard InChI is InChI=1S/C23H25N3O5S/c1-13-6-7-15(8-14(13)2)17-12-32-23(25-17)26-20(27)11-24-22(28)16-9-18(29-3)21(31-5)19(10-16)30-4/h6-10,12H,11H2,1-5H3,(H,24,28)(H,25,26,27). The SMILES string of the molecule is COc1cc(C(=O)NCC(=O)Nc2nc(-c3ccc(C)c(C)c3)cs2)cc(OC)c1OC. The van der Waals surface area contributed by atoms with Crippen molar-refractivity contribution in [3.8, 4) is 28.5 Å². The molecule has 0 atom stereocenters. The summed E-state index contributed by atoms with van der Waals surface area (Å²) in [6.45, 7) is 3.89. The van der Waals surface area contributed by atoms with Crippen molar-refractivity contribution in [1.82, 2.24) is 10.3 Å². The van der Waals surface area contributed by atoms with E-state index in [0.717, 1.165) is 11.3 Å². The predicted molar refractivity (Wildman–Crippen MR) is 124 cm³/mol. The average molecular weight is 456 g/mol. The largest absolute Gasteiger partial charge is 0.493 e. The molecule has 0 aliphatic rings. The van der Waals surface area contributed by atoms with Gasteiger partial charge in [-0.15, -0.1) is 11.3 Å². The van der Waals surface area contributed by atoms with Gasteiger partial charge in [0, 0.05) is 16.5 Å². The normalized spacial score (nSPS) is 10.4. The Hall–Kier alpha value is -3.59. The molecule has 1 heterocycles. The van der Waals surface area contributed by atoms with Crippen molar-refractivity contribution in [3.05, 3.63) is 52.4 Å². The van der Waals surface area contributed by atoms with E-state index in [-0.39, 0.29) is 18.0 Å². The van der Waals surface area contributed by atoms with Crippen molar-refractivity contribution in [3.63, 3.8) is 0 Å². The molecule has 0 saturated heterocycles. The molecule has 168 valence electrons. The van der Waals surface area contributed by atoms with Crippen LogP contribution in [0.3, 0.4) is 0 Å². The van der Waals surface area contributed by atoms with Gasteiger partial charge in [0.05, 0.1) is 33.6 Å². The Kier molecular flexibility index (Phi) is 7.32. The first kappa shape index (κ1) is 23.1. The summed E-state index contributed by atoms with van der Waals surface area (Å²) in [5, 5.41) is 7.64. The number of thiazole rings is 1. The van der Waals surface area contributed by atoms with E-state index >= 15 is 0 Å². The molecule has 0 unspecified atom stereocenters. The van der Waals surface area contributed by atoms with E-state index in [4.69, 9.17) is 14.2 Å². The number of nitrogens with one attached hydrogen (secondary N) is 2. The van der Waals surface area contributed by atoms with E-state index in [2.05, 4.69) is 28.6 Å². The maximum Gasteiger partial charge on any atom is 0.251 e. The third kappa shape index (κ3) is 5.17. The smallest absolute Gasteiger partial charge is 0.251 e. The third-order valence-electron chi connectivity index (χ3n) is 4.89. The molecule has 0 radical (unpaired) electrons. The summed E-state index contributed by atoms with van der Waals surface area (Å²) in [6, 6.07) is 9.14. The zero-order chi connectivity index (χ0) is 23.3. The van der Waals surface area contributed by atoms with E-state index in [9.17, 15) is 9.59 Å². The number of benzene rings is 2. The molecule has 3 rings (SSSR count). The molecular weight excluding hydrogens is 430 g/mol. The van der Waals surface area contributed by atoms with Gasteiger partial charge in [-0.05, 0) is 43.2 Å². The first-order valence-corrected chi connectivity index (χ1v) is 10.7. The minimum absolute atomic E-state index is 0.214. The van der Waals surface area contributed by atoms with Crippen LogP contribution >= 0.6 is 11.3 Å². The average Bonchev–Trinajstić information content (AvgIpc) is 3.26. The van der Waals surface area contributed by atoms with Crippen molar-refractivity contribution >= 4 is 28.3 Å². The van der Waals surface area contributed by atoms with Crippen LogP contribution in [0, 0.1) is 13.8 Å². The molecule has 9 heteroatoms. The number of carbonyl (C=O) groups is 2. The first-order chi connectivity index (χ1) is 15.4. The van der Waals surface area contributed by atoms with Gasteiger partial charge in [-0.3, -0.25) is 9.59 Å². The number of aromatic nitrogens is 1. The molecule has 0 fully saturated rings. The number of rotatable bonds is 8. The lowest BCUT2D eigenvalue weighted by Gasteiger charge is -2.14. The maximum atomic E-state index is 12.5. The second-order valence-electron chi connectivity index (χ2n) is 6.98. The fraction of sp³-hybridized carbons (Fsp3) is 0.261. The molecule has 2 aromatic carbocycles. The van der Waals surface area contributed by atoms with Crippen LogP contribution in [-0.4, -0.2) is 44.7 Å². The van der Waals surface area contributed by atoms with Crippen LogP contribution in [0.1, 0.15) is 21.5 Å². The quantitative estimate of drug-likeness (QED) is 0.536. The van der Waals surface area contributed by atoms with Crippen LogP contribution in [0.15, 0.2) is 35.7 Å². The van der Waals surface area contributed by atoms with Gasteiger partial charge in [-0.2, -0.15) is 0 Å². The molecule has 32 heavy (non-hydrogen) atoms. The van der Waals surface area contributed by atoms with E-state index in [0.29, 0.717) is 22.4 Å². The van der Waals surface area contributed by atoms with Crippen LogP contribution in [0.2, 0.25) is 0 Å². The number of hydrogen-bond acceptors (Lipinski definition) is 7. The van der Waals surface area contributed by atoms with Gasteiger partial charge in [0.25, 0.3) is 5.91 Å². The van der Waals surface area contributed by atoms with Crippen LogP contribution in [0.5, 0.6) is 17.2 Å². The predicted octanol–water partition coefficient (Wildman–Crippen LogP) is 3.82.